The number of nitrogens with zero attached hydrogens (tertiary/aromatic N) is 4. The molecule has 0 bridgehead atoms. The Labute approximate surface area is 209 Å². The van der Waals surface area contributed by atoms with Gasteiger partial charge in [-0.3, -0.25) is 0 Å². The highest BCUT2D eigenvalue weighted by atomic mass is 32.2. The number of nitrogens with one attached hydrogen (secondary N) is 2. The molecule has 184 valence electrons. The predicted octanol–water partition coefficient (Wildman–Crippen LogP) is 4.76. The molecule has 0 atom stereocenters. The molecule has 0 saturated carbocycles. The second-order valence-electron chi connectivity index (χ2n) is 8.18. The van der Waals surface area contributed by atoms with E-state index in [1.807, 2.05) is 38.1 Å². The molecule has 0 unspecified atom stereocenters. The minimum absolute atomic E-state index is 0.00505. The molecular formula is C23H20FN7O3S2. The number of aromatic nitrogens is 4. The van der Waals surface area contributed by atoms with Crippen molar-refractivity contribution in [2.24, 2.45) is 5.14 Å². The maximum atomic E-state index is 13.9. The molecular weight excluding hydrogens is 505 g/mol. The minimum atomic E-state index is -4.26. The average molecular weight is 526 g/mol. The van der Waals surface area contributed by atoms with Gasteiger partial charge in [0.25, 0.3) is 5.89 Å². The zero-order valence-electron chi connectivity index (χ0n) is 19.1. The Hall–Kier alpha value is -3.94. The van der Waals surface area contributed by atoms with Crippen LogP contribution in [0.1, 0.15) is 13.8 Å². The largest absolute Gasteiger partial charge is 0.416 e. The molecule has 3 aromatic heterocycles. The zero-order valence-corrected chi connectivity index (χ0v) is 20.7. The van der Waals surface area contributed by atoms with Gasteiger partial charge in [-0.25, -0.2) is 27.9 Å². The summed E-state index contributed by atoms with van der Waals surface area (Å²) in [5.41, 5.74) is 5.04. The summed E-state index contributed by atoms with van der Waals surface area (Å²) < 4.78 is 44.1. The van der Waals surface area contributed by atoms with E-state index in [9.17, 15) is 12.8 Å². The maximum absolute atomic E-state index is 13.9. The third-order valence-electron chi connectivity index (χ3n) is 5.09. The SMILES string of the molecule is CC(C)Nc1cc(Nc2ccc3ncsc3c2)ncc1-c1nnc(-c2ccc(F)c(S(N)(=O)=O)c2)o1. The number of fused-ring (bicyclic) bond motifs is 1. The summed E-state index contributed by atoms with van der Waals surface area (Å²) in [5, 5.41) is 19.8. The normalized spacial score (nSPS) is 11.8. The molecule has 0 amide bonds. The van der Waals surface area contributed by atoms with E-state index in [1.165, 1.54) is 6.07 Å². The van der Waals surface area contributed by atoms with Crippen molar-refractivity contribution in [3.63, 3.8) is 0 Å². The fourth-order valence-corrected chi connectivity index (χ4v) is 4.86. The van der Waals surface area contributed by atoms with Crippen LogP contribution in [0, 0.1) is 5.82 Å². The molecule has 4 N–H and O–H groups in total. The molecule has 2 aromatic carbocycles. The Kier molecular flexibility index (Phi) is 6.12. The molecule has 13 heteroatoms. The number of pyridine rings is 1. The van der Waals surface area contributed by atoms with Crippen molar-refractivity contribution in [3.05, 3.63) is 60.0 Å². The molecule has 5 rings (SSSR count). The van der Waals surface area contributed by atoms with Gasteiger partial charge in [-0.15, -0.1) is 21.5 Å². The lowest BCUT2D eigenvalue weighted by molar-refractivity contribution is 0.566. The third-order valence-corrected chi connectivity index (χ3v) is 6.81. The van der Waals surface area contributed by atoms with Crippen molar-refractivity contribution < 1.29 is 17.2 Å². The number of primary sulfonamides is 1. The smallest absolute Gasteiger partial charge is 0.251 e. The summed E-state index contributed by atoms with van der Waals surface area (Å²) in [5.74, 6) is -0.210. The van der Waals surface area contributed by atoms with E-state index in [1.54, 1.807) is 23.0 Å². The molecule has 0 spiro atoms. The topological polar surface area (TPSA) is 149 Å². The fourth-order valence-electron chi connectivity index (χ4n) is 3.51. The van der Waals surface area contributed by atoms with Crippen LogP contribution in [0.4, 0.5) is 21.6 Å². The van der Waals surface area contributed by atoms with Crippen molar-refractivity contribution in [2.75, 3.05) is 10.6 Å². The Morgan fingerprint density at radius 2 is 1.86 bits per heavy atom. The number of hydrogen-bond acceptors (Lipinski definition) is 10. The molecule has 0 fully saturated rings. The Bertz CT molecular complexity index is 1680. The van der Waals surface area contributed by atoms with E-state index in [0.29, 0.717) is 17.1 Å². The number of benzene rings is 2. The standard InChI is InChI=1S/C23H20FN7O3S2/c1-12(2)28-18-9-21(29-14-4-6-17-19(8-14)35-11-27-17)26-10-15(18)23-31-30-22(34-23)13-3-5-16(24)20(7-13)36(25,32)33/h3-12H,1-2H3,(H2,25,32,33)(H2,26,28,29). The van der Waals surface area contributed by atoms with Crippen LogP contribution in [-0.2, 0) is 10.0 Å². The van der Waals surface area contributed by atoms with Gasteiger partial charge in [0, 0.05) is 29.6 Å². The highest BCUT2D eigenvalue weighted by Gasteiger charge is 2.20. The first-order valence-corrected chi connectivity index (χ1v) is 13.1. The number of hydrogen-bond donors (Lipinski definition) is 3. The van der Waals surface area contributed by atoms with Gasteiger partial charge in [-0.05, 0) is 50.2 Å². The second-order valence-corrected chi connectivity index (χ2v) is 10.6. The molecule has 3 heterocycles. The Balaban J connectivity index is 1.48. The molecule has 0 radical (unpaired) electrons. The number of sulfonamides is 1. The predicted molar refractivity (Wildman–Crippen MR) is 136 cm³/mol. The average Bonchev–Trinajstić information content (AvgIpc) is 3.48. The molecule has 5 aromatic rings. The number of rotatable bonds is 7. The first-order valence-electron chi connectivity index (χ1n) is 10.7. The van der Waals surface area contributed by atoms with Crippen LogP contribution >= 0.6 is 11.3 Å². The van der Waals surface area contributed by atoms with Gasteiger partial charge in [0.2, 0.25) is 15.9 Å². The molecule has 10 nitrogen and oxygen atoms in total. The van der Waals surface area contributed by atoms with Gasteiger partial charge in [-0.1, -0.05) is 0 Å². The lowest BCUT2D eigenvalue weighted by Gasteiger charge is -2.15. The van der Waals surface area contributed by atoms with Crippen LogP contribution in [-0.4, -0.2) is 34.6 Å². The van der Waals surface area contributed by atoms with Crippen LogP contribution < -0.4 is 15.8 Å². The van der Waals surface area contributed by atoms with Crippen LogP contribution in [0.15, 0.2) is 63.5 Å². The summed E-state index contributed by atoms with van der Waals surface area (Å²) in [6, 6.07) is 11.1. The molecule has 0 aliphatic heterocycles. The van der Waals surface area contributed by atoms with Gasteiger partial charge < -0.3 is 15.1 Å². The van der Waals surface area contributed by atoms with E-state index >= 15 is 0 Å². The van der Waals surface area contributed by atoms with E-state index < -0.39 is 20.7 Å². The van der Waals surface area contributed by atoms with Crippen molar-refractivity contribution in [2.45, 2.75) is 24.8 Å². The van der Waals surface area contributed by atoms with Gasteiger partial charge in [0.15, 0.2) is 0 Å². The fraction of sp³-hybridized carbons (Fsp3) is 0.130. The summed E-state index contributed by atoms with van der Waals surface area (Å²) in [7, 11) is -4.26. The summed E-state index contributed by atoms with van der Waals surface area (Å²) in [6.45, 7) is 3.98. The Morgan fingerprint density at radius 3 is 2.64 bits per heavy atom. The van der Waals surface area contributed by atoms with E-state index in [-0.39, 0.29) is 23.4 Å². The number of nitrogens with two attached hydrogens (primary N) is 1. The van der Waals surface area contributed by atoms with E-state index in [2.05, 4.69) is 30.8 Å². The van der Waals surface area contributed by atoms with Crippen molar-refractivity contribution in [1.29, 1.82) is 0 Å². The van der Waals surface area contributed by atoms with Crippen molar-refractivity contribution >= 4 is 48.8 Å². The van der Waals surface area contributed by atoms with Crippen molar-refractivity contribution in [3.8, 4) is 22.9 Å². The molecule has 0 aliphatic rings. The molecule has 0 aliphatic carbocycles. The summed E-state index contributed by atoms with van der Waals surface area (Å²) >= 11 is 1.55. The van der Waals surface area contributed by atoms with Gasteiger partial charge in [0.1, 0.15) is 16.5 Å². The van der Waals surface area contributed by atoms with E-state index in [0.717, 1.165) is 28.0 Å². The van der Waals surface area contributed by atoms with Crippen LogP contribution in [0.25, 0.3) is 33.1 Å². The lowest BCUT2D eigenvalue weighted by atomic mass is 10.2. The minimum Gasteiger partial charge on any atom is -0.416 e. The highest BCUT2D eigenvalue weighted by molar-refractivity contribution is 7.89. The van der Waals surface area contributed by atoms with Crippen LogP contribution in [0.3, 0.4) is 0 Å². The summed E-state index contributed by atoms with van der Waals surface area (Å²) in [6.07, 6.45) is 1.59. The molecule has 36 heavy (non-hydrogen) atoms. The quantitative estimate of drug-likeness (QED) is 0.273. The highest BCUT2D eigenvalue weighted by Crippen LogP contribution is 2.33. The van der Waals surface area contributed by atoms with Crippen molar-refractivity contribution in [1.82, 2.24) is 20.2 Å². The first-order chi connectivity index (χ1) is 17.2. The molecule has 0 saturated heterocycles. The monoisotopic (exact) mass is 525 g/mol. The number of anilines is 3. The maximum Gasteiger partial charge on any atom is 0.251 e. The van der Waals surface area contributed by atoms with Gasteiger partial charge in [0.05, 0.1) is 27.0 Å². The Morgan fingerprint density at radius 1 is 1.06 bits per heavy atom. The zero-order chi connectivity index (χ0) is 25.4. The summed E-state index contributed by atoms with van der Waals surface area (Å²) in [4.78, 5) is 8.12. The lowest BCUT2D eigenvalue weighted by Crippen LogP contribution is -2.14. The first kappa shape index (κ1) is 23.8. The van der Waals surface area contributed by atoms with Crippen LogP contribution in [0.2, 0.25) is 0 Å². The number of thiazole rings is 1. The second kappa shape index (κ2) is 9.26. The van der Waals surface area contributed by atoms with Crippen LogP contribution in [0.5, 0.6) is 0 Å². The van der Waals surface area contributed by atoms with Gasteiger partial charge in [-0.2, -0.15) is 0 Å². The third kappa shape index (κ3) is 4.89. The van der Waals surface area contributed by atoms with E-state index in [4.69, 9.17) is 9.56 Å². The number of halogens is 1. The van der Waals surface area contributed by atoms with Gasteiger partial charge >= 0.3 is 0 Å².